The fraction of sp³-hybridized carbons (Fsp3) is 0.240. The normalized spacial score (nSPS) is 16.5. The van der Waals surface area contributed by atoms with Crippen LogP contribution in [0.15, 0.2) is 60.0 Å². The van der Waals surface area contributed by atoms with Gasteiger partial charge in [-0.2, -0.15) is 0 Å². The molecule has 2 heterocycles. The number of thiophene rings is 1. The van der Waals surface area contributed by atoms with Gasteiger partial charge in [0.15, 0.2) is 6.10 Å². The number of rotatable bonds is 4. The maximum absolute atomic E-state index is 13.2. The van der Waals surface area contributed by atoms with Crippen LogP contribution >= 0.6 is 11.3 Å². The highest BCUT2D eigenvalue weighted by molar-refractivity contribution is 7.12. The molecule has 0 aliphatic carbocycles. The molecule has 1 unspecified atom stereocenters. The highest BCUT2D eigenvalue weighted by Gasteiger charge is 2.34. The van der Waals surface area contributed by atoms with Crippen molar-refractivity contribution in [1.82, 2.24) is 4.90 Å². The minimum atomic E-state index is -1.04. The number of carbonyl (C=O) groups is 3. The number of imide groups is 1. The summed E-state index contributed by atoms with van der Waals surface area (Å²) < 4.78 is 18.8. The lowest BCUT2D eigenvalue weighted by atomic mass is 10.1. The maximum Gasteiger partial charge on any atom is 0.349 e. The van der Waals surface area contributed by atoms with Crippen molar-refractivity contribution in [1.29, 1.82) is 0 Å². The summed E-state index contributed by atoms with van der Waals surface area (Å²) in [7, 11) is 0. The van der Waals surface area contributed by atoms with Crippen LogP contribution in [0.25, 0.3) is 11.1 Å². The fourth-order valence-corrected chi connectivity index (χ4v) is 4.47. The molecule has 0 spiro atoms. The number of ether oxygens (including phenoxy) is 1. The molecule has 32 heavy (non-hydrogen) atoms. The Kier molecular flexibility index (Phi) is 6.46. The number of halogens is 1. The SMILES string of the molecule is Cc1ccc(-c2ccsc2C(=O)OC2CCCCN(C(=O)c3ccc(F)cc3)C2=O)cc1. The monoisotopic (exact) mass is 451 g/mol. The summed E-state index contributed by atoms with van der Waals surface area (Å²) in [6.45, 7) is 2.22. The van der Waals surface area contributed by atoms with Gasteiger partial charge >= 0.3 is 5.97 Å². The first-order chi connectivity index (χ1) is 15.4. The van der Waals surface area contributed by atoms with Crippen LogP contribution in [0.3, 0.4) is 0 Å². The fourth-order valence-electron chi connectivity index (χ4n) is 3.68. The summed E-state index contributed by atoms with van der Waals surface area (Å²) in [6, 6.07) is 14.7. The molecule has 4 rings (SSSR count). The number of hydrogen-bond donors (Lipinski definition) is 0. The molecule has 2 amide bonds. The van der Waals surface area contributed by atoms with E-state index in [1.807, 2.05) is 42.6 Å². The quantitative estimate of drug-likeness (QED) is 0.402. The first-order valence-corrected chi connectivity index (χ1v) is 11.3. The predicted molar refractivity (Wildman–Crippen MR) is 120 cm³/mol. The lowest BCUT2D eigenvalue weighted by Gasteiger charge is -2.22. The second-order valence-electron chi connectivity index (χ2n) is 7.72. The number of likely N-dealkylation sites (tertiary alicyclic amines) is 1. The van der Waals surface area contributed by atoms with Gasteiger partial charge in [0, 0.05) is 17.7 Å². The van der Waals surface area contributed by atoms with E-state index in [9.17, 15) is 18.8 Å². The van der Waals surface area contributed by atoms with Crippen LogP contribution in [0.2, 0.25) is 0 Å². The average Bonchev–Trinajstić information content (AvgIpc) is 3.21. The van der Waals surface area contributed by atoms with Gasteiger partial charge < -0.3 is 4.74 Å². The first-order valence-electron chi connectivity index (χ1n) is 10.4. The second-order valence-corrected chi connectivity index (χ2v) is 8.64. The number of carbonyl (C=O) groups excluding carboxylic acids is 3. The molecule has 0 saturated carbocycles. The summed E-state index contributed by atoms with van der Waals surface area (Å²) in [5.74, 6) is -2.10. The Morgan fingerprint density at radius 1 is 1.03 bits per heavy atom. The van der Waals surface area contributed by atoms with Crippen LogP contribution in [0, 0.1) is 12.7 Å². The van der Waals surface area contributed by atoms with Gasteiger partial charge in [-0.3, -0.25) is 14.5 Å². The zero-order chi connectivity index (χ0) is 22.7. The van der Waals surface area contributed by atoms with E-state index < -0.39 is 29.7 Å². The smallest absolute Gasteiger partial charge is 0.349 e. The Bertz CT molecular complexity index is 1140. The van der Waals surface area contributed by atoms with Gasteiger partial charge in [0.25, 0.3) is 11.8 Å². The number of amides is 2. The molecule has 1 fully saturated rings. The zero-order valence-corrected chi connectivity index (χ0v) is 18.4. The van der Waals surface area contributed by atoms with Crippen molar-refractivity contribution in [2.45, 2.75) is 32.3 Å². The van der Waals surface area contributed by atoms with Crippen LogP contribution in [0.4, 0.5) is 4.39 Å². The van der Waals surface area contributed by atoms with Crippen molar-refractivity contribution in [2.75, 3.05) is 6.54 Å². The third kappa shape index (κ3) is 4.62. The average molecular weight is 452 g/mol. The van der Waals surface area contributed by atoms with E-state index in [-0.39, 0.29) is 12.1 Å². The topological polar surface area (TPSA) is 63.7 Å². The highest BCUT2D eigenvalue weighted by atomic mass is 32.1. The van der Waals surface area contributed by atoms with Crippen LogP contribution in [0.1, 0.15) is 44.9 Å². The molecular formula is C25H22FNO4S. The van der Waals surface area contributed by atoms with E-state index in [1.165, 1.54) is 35.6 Å². The minimum Gasteiger partial charge on any atom is -0.448 e. The third-order valence-corrected chi connectivity index (χ3v) is 6.33. The molecule has 2 aromatic carbocycles. The van der Waals surface area contributed by atoms with Crippen molar-refractivity contribution in [3.63, 3.8) is 0 Å². The molecule has 0 N–H and O–H groups in total. The predicted octanol–water partition coefficient (Wildman–Crippen LogP) is 5.24. The lowest BCUT2D eigenvalue weighted by molar-refractivity contribution is -0.137. The Balaban J connectivity index is 1.52. The van der Waals surface area contributed by atoms with Gasteiger partial charge in [-0.25, -0.2) is 9.18 Å². The Morgan fingerprint density at radius 3 is 2.47 bits per heavy atom. The van der Waals surface area contributed by atoms with Crippen LogP contribution < -0.4 is 0 Å². The number of nitrogens with zero attached hydrogens (tertiary/aromatic N) is 1. The number of hydrogen-bond acceptors (Lipinski definition) is 5. The molecule has 3 aromatic rings. The number of aryl methyl sites for hydroxylation is 1. The summed E-state index contributed by atoms with van der Waals surface area (Å²) in [5.41, 5.74) is 2.97. The summed E-state index contributed by atoms with van der Waals surface area (Å²) in [5, 5.41) is 1.81. The van der Waals surface area contributed by atoms with Crippen LogP contribution in [-0.4, -0.2) is 35.3 Å². The van der Waals surface area contributed by atoms with Gasteiger partial charge in [0.05, 0.1) is 0 Å². The van der Waals surface area contributed by atoms with E-state index in [2.05, 4.69) is 0 Å². The Hall–Kier alpha value is -3.32. The standard InChI is InChI=1S/C25H22FNO4S/c1-16-5-7-17(8-6-16)20-13-15-32-22(20)25(30)31-21-4-2-3-14-27(24(21)29)23(28)18-9-11-19(26)12-10-18/h5-13,15,21H,2-4,14H2,1H3. The van der Waals surface area contributed by atoms with Gasteiger partial charge in [0.1, 0.15) is 10.7 Å². The molecule has 1 aliphatic rings. The summed E-state index contributed by atoms with van der Waals surface area (Å²) >= 11 is 1.26. The first kappa shape index (κ1) is 21.9. The van der Waals surface area contributed by atoms with E-state index in [0.29, 0.717) is 24.1 Å². The molecule has 1 aliphatic heterocycles. The zero-order valence-electron chi connectivity index (χ0n) is 17.5. The molecule has 0 bridgehead atoms. The highest BCUT2D eigenvalue weighted by Crippen LogP contribution is 2.30. The number of esters is 1. The summed E-state index contributed by atoms with van der Waals surface area (Å²) in [6.07, 6.45) is 0.567. The van der Waals surface area contributed by atoms with E-state index in [1.54, 1.807) is 0 Å². The summed E-state index contributed by atoms with van der Waals surface area (Å²) in [4.78, 5) is 40.4. The maximum atomic E-state index is 13.2. The molecule has 0 radical (unpaired) electrons. The van der Waals surface area contributed by atoms with Crippen molar-refractivity contribution < 1.29 is 23.5 Å². The minimum absolute atomic E-state index is 0.214. The second kappa shape index (κ2) is 9.44. The molecule has 1 aromatic heterocycles. The Morgan fingerprint density at radius 2 is 1.75 bits per heavy atom. The lowest BCUT2D eigenvalue weighted by Crippen LogP contribution is -2.43. The van der Waals surface area contributed by atoms with E-state index in [0.717, 1.165) is 21.6 Å². The molecule has 1 saturated heterocycles. The molecule has 7 heteroatoms. The molecule has 5 nitrogen and oxygen atoms in total. The van der Waals surface area contributed by atoms with Gasteiger partial charge in [0.2, 0.25) is 0 Å². The van der Waals surface area contributed by atoms with Gasteiger partial charge in [-0.05, 0) is 67.5 Å². The van der Waals surface area contributed by atoms with Crippen molar-refractivity contribution in [2.24, 2.45) is 0 Å². The molecule has 1 atom stereocenters. The largest absolute Gasteiger partial charge is 0.448 e. The van der Waals surface area contributed by atoms with Crippen molar-refractivity contribution in [3.05, 3.63) is 81.8 Å². The van der Waals surface area contributed by atoms with Crippen LogP contribution in [-0.2, 0) is 9.53 Å². The van der Waals surface area contributed by atoms with Gasteiger partial charge in [-0.1, -0.05) is 29.8 Å². The van der Waals surface area contributed by atoms with E-state index in [4.69, 9.17) is 4.74 Å². The Labute approximate surface area is 189 Å². The third-order valence-electron chi connectivity index (χ3n) is 5.44. The molecular weight excluding hydrogens is 429 g/mol. The van der Waals surface area contributed by atoms with Crippen LogP contribution in [0.5, 0.6) is 0 Å². The van der Waals surface area contributed by atoms with Gasteiger partial charge in [-0.15, -0.1) is 11.3 Å². The molecule has 164 valence electrons. The van der Waals surface area contributed by atoms with E-state index >= 15 is 0 Å². The van der Waals surface area contributed by atoms with Crippen molar-refractivity contribution >= 4 is 29.1 Å². The van der Waals surface area contributed by atoms with Crippen molar-refractivity contribution in [3.8, 4) is 11.1 Å². The number of benzene rings is 2.